The van der Waals surface area contributed by atoms with Gasteiger partial charge in [-0.25, -0.2) is 0 Å². The summed E-state index contributed by atoms with van der Waals surface area (Å²) in [6.07, 6.45) is -2.66. The van der Waals surface area contributed by atoms with Gasteiger partial charge in [0.15, 0.2) is 0 Å². The van der Waals surface area contributed by atoms with Crippen molar-refractivity contribution in [2.75, 3.05) is 44.8 Å². The minimum Gasteiger partial charge on any atom is -0.375 e. The van der Waals surface area contributed by atoms with E-state index in [0.29, 0.717) is 13.0 Å². The summed E-state index contributed by atoms with van der Waals surface area (Å²) < 4.78 is 39.9. The molecule has 0 heterocycles. The molecule has 0 fully saturated rings. The van der Waals surface area contributed by atoms with Crippen molar-refractivity contribution in [2.24, 2.45) is 0 Å². The van der Waals surface area contributed by atoms with E-state index in [-0.39, 0.29) is 6.61 Å². The molecule has 0 spiro atoms. The number of hydrogen-bond acceptors (Lipinski definition) is 3. The summed E-state index contributed by atoms with van der Waals surface area (Å²) in [5, 5.41) is 3.20. The first-order chi connectivity index (χ1) is 9.99. The second kappa shape index (κ2) is 9.63. The summed E-state index contributed by atoms with van der Waals surface area (Å²) in [6.45, 7) is 1.43. The molecule has 3 nitrogen and oxygen atoms in total. The van der Waals surface area contributed by atoms with Crippen LogP contribution in [0.15, 0.2) is 30.3 Å². The summed E-state index contributed by atoms with van der Waals surface area (Å²) in [5.41, 5.74) is 1.18. The Morgan fingerprint density at radius 1 is 1.10 bits per heavy atom. The maximum Gasteiger partial charge on any atom is 0.411 e. The highest BCUT2D eigenvalue weighted by molar-refractivity contribution is 5.44. The molecule has 6 heteroatoms. The van der Waals surface area contributed by atoms with E-state index >= 15 is 0 Å². The molecule has 0 saturated carbocycles. The van der Waals surface area contributed by atoms with Crippen molar-refractivity contribution in [2.45, 2.75) is 19.0 Å². The van der Waals surface area contributed by atoms with Crippen LogP contribution in [-0.4, -0.2) is 46.1 Å². The third-order valence-electron chi connectivity index (χ3n) is 2.95. The minimum atomic E-state index is -4.23. The van der Waals surface area contributed by atoms with Crippen molar-refractivity contribution in [1.29, 1.82) is 0 Å². The van der Waals surface area contributed by atoms with Gasteiger partial charge in [-0.3, -0.25) is 0 Å². The normalized spacial score (nSPS) is 11.6. The Morgan fingerprint density at radius 3 is 2.43 bits per heavy atom. The van der Waals surface area contributed by atoms with Gasteiger partial charge in [0.05, 0.1) is 0 Å². The Balaban J connectivity index is 1.93. The molecule has 0 bridgehead atoms. The lowest BCUT2D eigenvalue weighted by Crippen LogP contribution is -2.25. The fourth-order valence-electron chi connectivity index (χ4n) is 1.86. The molecule has 0 unspecified atom stereocenters. The first-order valence-corrected chi connectivity index (χ1v) is 7.10. The van der Waals surface area contributed by atoms with E-state index in [9.17, 15) is 13.2 Å². The van der Waals surface area contributed by atoms with E-state index in [0.717, 1.165) is 19.5 Å². The Bertz CT molecular complexity index is 371. The van der Waals surface area contributed by atoms with Crippen LogP contribution in [0.5, 0.6) is 0 Å². The Labute approximate surface area is 124 Å². The van der Waals surface area contributed by atoms with Crippen LogP contribution in [0.1, 0.15) is 12.8 Å². The zero-order valence-corrected chi connectivity index (χ0v) is 12.3. The highest BCUT2D eigenvalue weighted by Crippen LogP contribution is 2.14. The predicted molar refractivity (Wildman–Crippen MR) is 78.7 cm³/mol. The lowest BCUT2D eigenvalue weighted by atomic mass is 10.3. The monoisotopic (exact) mass is 304 g/mol. The standard InChI is InChI=1S/C15H23F3N2O/c1-20(14-7-3-2-4-8-14)11-5-9-19-10-6-12-21-13-15(16,17)18/h2-4,7-8,19H,5-6,9-13H2,1H3. The summed E-state index contributed by atoms with van der Waals surface area (Å²) >= 11 is 0. The van der Waals surface area contributed by atoms with Crippen LogP contribution in [0.25, 0.3) is 0 Å². The average Bonchev–Trinajstić information content (AvgIpc) is 2.45. The number of benzene rings is 1. The largest absolute Gasteiger partial charge is 0.411 e. The number of ether oxygens (including phenoxy) is 1. The third-order valence-corrected chi connectivity index (χ3v) is 2.95. The lowest BCUT2D eigenvalue weighted by molar-refractivity contribution is -0.173. The molecule has 0 atom stereocenters. The highest BCUT2D eigenvalue weighted by Gasteiger charge is 2.27. The van der Waals surface area contributed by atoms with Gasteiger partial charge in [-0.15, -0.1) is 0 Å². The molecule has 0 aliphatic rings. The fraction of sp³-hybridized carbons (Fsp3) is 0.600. The summed E-state index contributed by atoms with van der Waals surface area (Å²) in [5.74, 6) is 0. The van der Waals surface area contributed by atoms with Crippen LogP contribution >= 0.6 is 0 Å². The quantitative estimate of drug-likeness (QED) is 0.672. The van der Waals surface area contributed by atoms with Crippen molar-refractivity contribution in [3.05, 3.63) is 30.3 Å². The summed E-state index contributed by atoms with van der Waals surface area (Å²) in [4.78, 5) is 2.17. The zero-order chi connectivity index (χ0) is 15.6. The summed E-state index contributed by atoms with van der Waals surface area (Å²) in [6, 6.07) is 10.1. The highest BCUT2D eigenvalue weighted by atomic mass is 19.4. The van der Waals surface area contributed by atoms with Crippen molar-refractivity contribution in [1.82, 2.24) is 5.32 Å². The van der Waals surface area contributed by atoms with E-state index < -0.39 is 12.8 Å². The molecule has 0 saturated heterocycles. The number of hydrogen-bond donors (Lipinski definition) is 1. The van der Waals surface area contributed by atoms with E-state index in [4.69, 9.17) is 0 Å². The fourth-order valence-corrected chi connectivity index (χ4v) is 1.86. The second-order valence-electron chi connectivity index (χ2n) is 4.88. The third kappa shape index (κ3) is 9.31. The SMILES string of the molecule is CN(CCCNCCCOCC(F)(F)F)c1ccccc1. The molecular formula is C15H23F3N2O. The van der Waals surface area contributed by atoms with Gasteiger partial charge in [0.1, 0.15) is 6.61 Å². The molecule has 0 aromatic heterocycles. The number of halogens is 3. The molecule has 0 radical (unpaired) electrons. The minimum absolute atomic E-state index is 0.135. The Hall–Kier alpha value is -1.27. The van der Waals surface area contributed by atoms with E-state index in [1.54, 1.807) is 0 Å². The van der Waals surface area contributed by atoms with Gasteiger partial charge >= 0.3 is 6.18 Å². The number of rotatable bonds is 10. The van der Waals surface area contributed by atoms with Crippen LogP contribution in [0, 0.1) is 0 Å². The molecule has 1 aromatic carbocycles. The van der Waals surface area contributed by atoms with Crippen LogP contribution in [0.2, 0.25) is 0 Å². The smallest absolute Gasteiger partial charge is 0.375 e. The van der Waals surface area contributed by atoms with E-state index in [1.807, 2.05) is 25.2 Å². The molecule has 1 N–H and O–H groups in total. The van der Waals surface area contributed by atoms with Crippen LogP contribution < -0.4 is 10.2 Å². The number of nitrogens with zero attached hydrogens (tertiary/aromatic N) is 1. The van der Waals surface area contributed by atoms with Crippen LogP contribution in [-0.2, 0) is 4.74 Å². The second-order valence-corrected chi connectivity index (χ2v) is 4.88. The van der Waals surface area contributed by atoms with Gasteiger partial charge < -0.3 is 15.0 Å². The molecule has 0 aliphatic heterocycles. The molecule has 1 aromatic rings. The number of alkyl halides is 3. The zero-order valence-electron chi connectivity index (χ0n) is 12.3. The van der Waals surface area contributed by atoms with Gasteiger partial charge in [-0.2, -0.15) is 13.2 Å². The van der Waals surface area contributed by atoms with E-state index in [2.05, 4.69) is 27.1 Å². The lowest BCUT2D eigenvalue weighted by Gasteiger charge is -2.19. The molecule has 0 amide bonds. The number of para-hydroxylation sites is 1. The Morgan fingerprint density at radius 2 is 1.76 bits per heavy atom. The van der Waals surface area contributed by atoms with Gasteiger partial charge in [0, 0.05) is 25.9 Å². The maximum absolute atomic E-state index is 11.8. The van der Waals surface area contributed by atoms with Crippen LogP contribution in [0.3, 0.4) is 0 Å². The molecule has 21 heavy (non-hydrogen) atoms. The van der Waals surface area contributed by atoms with Crippen molar-refractivity contribution >= 4 is 5.69 Å². The van der Waals surface area contributed by atoms with Gasteiger partial charge in [0.2, 0.25) is 0 Å². The topological polar surface area (TPSA) is 24.5 Å². The van der Waals surface area contributed by atoms with E-state index in [1.165, 1.54) is 5.69 Å². The molecular weight excluding hydrogens is 281 g/mol. The van der Waals surface area contributed by atoms with Crippen molar-refractivity contribution in [3.63, 3.8) is 0 Å². The first kappa shape index (κ1) is 17.8. The molecule has 1 rings (SSSR count). The van der Waals surface area contributed by atoms with Gasteiger partial charge in [-0.1, -0.05) is 18.2 Å². The molecule has 0 aliphatic carbocycles. The first-order valence-electron chi connectivity index (χ1n) is 7.10. The van der Waals surface area contributed by atoms with Gasteiger partial charge in [0.25, 0.3) is 0 Å². The van der Waals surface area contributed by atoms with Gasteiger partial charge in [-0.05, 0) is 38.1 Å². The van der Waals surface area contributed by atoms with Crippen LogP contribution in [0.4, 0.5) is 18.9 Å². The predicted octanol–water partition coefficient (Wildman–Crippen LogP) is 3.07. The van der Waals surface area contributed by atoms with Crippen molar-refractivity contribution < 1.29 is 17.9 Å². The van der Waals surface area contributed by atoms with Crippen molar-refractivity contribution in [3.8, 4) is 0 Å². The molecule has 120 valence electrons. The number of nitrogens with one attached hydrogen (secondary N) is 1. The number of anilines is 1. The maximum atomic E-state index is 11.8. The summed E-state index contributed by atoms with van der Waals surface area (Å²) in [7, 11) is 2.04. The average molecular weight is 304 g/mol. The Kier molecular flexibility index (Phi) is 8.15.